The third-order valence-electron chi connectivity index (χ3n) is 2.74. The standard InChI is InChI=1S/C9H11BrN2O.C5H3Br2N/c10-8-1-2-9(11-7-8)12-3-5-13-6-4-12;6-4-1-2-5(7)8-3-4/h1-2,7H,3-6H2;1-3H. The highest BCUT2D eigenvalue weighted by molar-refractivity contribution is 9.11. The van der Waals surface area contributed by atoms with E-state index < -0.39 is 0 Å². The molecule has 1 aliphatic heterocycles. The number of hydrogen-bond acceptors (Lipinski definition) is 4. The molecule has 0 N–H and O–H groups in total. The van der Waals surface area contributed by atoms with E-state index in [0.717, 1.165) is 45.7 Å². The fraction of sp³-hybridized carbons (Fsp3) is 0.286. The van der Waals surface area contributed by atoms with Crippen molar-refractivity contribution in [3.63, 3.8) is 0 Å². The van der Waals surface area contributed by atoms with Crippen molar-refractivity contribution in [2.75, 3.05) is 31.2 Å². The van der Waals surface area contributed by atoms with Crippen LogP contribution < -0.4 is 4.90 Å². The molecule has 112 valence electrons. The summed E-state index contributed by atoms with van der Waals surface area (Å²) in [4.78, 5) is 10.5. The monoisotopic (exact) mass is 477 g/mol. The number of rotatable bonds is 1. The van der Waals surface area contributed by atoms with Crippen LogP contribution in [0.5, 0.6) is 0 Å². The van der Waals surface area contributed by atoms with E-state index in [9.17, 15) is 0 Å². The summed E-state index contributed by atoms with van der Waals surface area (Å²) in [6, 6.07) is 7.84. The summed E-state index contributed by atoms with van der Waals surface area (Å²) in [7, 11) is 0. The Kier molecular flexibility index (Phi) is 7.09. The van der Waals surface area contributed by atoms with Crippen molar-refractivity contribution in [1.29, 1.82) is 0 Å². The van der Waals surface area contributed by atoms with Crippen LogP contribution >= 0.6 is 47.8 Å². The normalized spacial score (nSPS) is 14.3. The summed E-state index contributed by atoms with van der Waals surface area (Å²) in [6.07, 6.45) is 3.56. The highest BCUT2D eigenvalue weighted by Crippen LogP contribution is 2.15. The molecule has 0 aliphatic carbocycles. The van der Waals surface area contributed by atoms with Gasteiger partial charge in [-0.05, 0) is 72.1 Å². The fourth-order valence-electron chi connectivity index (χ4n) is 1.71. The van der Waals surface area contributed by atoms with Crippen LogP contribution in [0.15, 0.2) is 50.2 Å². The van der Waals surface area contributed by atoms with Gasteiger partial charge in [-0.3, -0.25) is 0 Å². The summed E-state index contributed by atoms with van der Waals surface area (Å²) in [5.41, 5.74) is 0. The first kappa shape index (κ1) is 16.9. The first-order chi connectivity index (χ1) is 10.1. The Morgan fingerprint density at radius 1 is 0.857 bits per heavy atom. The Labute approximate surface area is 149 Å². The Hall–Kier alpha value is -0.500. The van der Waals surface area contributed by atoms with Crippen molar-refractivity contribution < 1.29 is 4.74 Å². The van der Waals surface area contributed by atoms with Gasteiger partial charge >= 0.3 is 0 Å². The van der Waals surface area contributed by atoms with Gasteiger partial charge in [0.1, 0.15) is 10.4 Å². The molecule has 3 rings (SSSR count). The molecule has 2 aromatic heterocycles. The number of morpholine rings is 1. The molecule has 0 amide bonds. The van der Waals surface area contributed by atoms with E-state index in [1.165, 1.54) is 0 Å². The summed E-state index contributed by atoms with van der Waals surface area (Å²) < 4.78 is 8.15. The first-order valence-electron chi connectivity index (χ1n) is 6.36. The fourth-order valence-corrected chi connectivity index (χ4v) is 2.41. The molecule has 0 unspecified atom stereocenters. The number of nitrogens with zero attached hydrogens (tertiary/aromatic N) is 3. The second kappa shape index (κ2) is 8.82. The SMILES string of the molecule is Brc1ccc(Br)nc1.Brc1ccc(N2CCOCC2)nc1. The van der Waals surface area contributed by atoms with Gasteiger partial charge in [-0.15, -0.1) is 0 Å². The van der Waals surface area contributed by atoms with Crippen LogP contribution in [-0.2, 0) is 4.74 Å². The van der Waals surface area contributed by atoms with Crippen molar-refractivity contribution in [2.45, 2.75) is 0 Å². The third-order valence-corrected chi connectivity index (χ3v) is 4.15. The van der Waals surface area contributed by atoms with Crippen molar-refractivity contribution in [3.05, 3.63) is 50.2 Å². The van der Waals surface area contributed by atoms with E-state index in [-0.39, 0.29) is 0 Å². The van der Waals surface area contributed by atoms with E-state index >= 15 is 0 Å². The number of halogens is 3. The molecule has 2 aromatic rings. The van der Waals surface area contributed by atoms with Gasteiger partial charge in [0.15, 0.2) is 0 Å². The van der Waals surface area contributed by atoms with Gasteiger partial charge in [-0.1, -0.05) is 0 Å². The van der Waals surface area contributed by atoms with Gasteiger partial charge in [0.2, 0.25) is 0 Å². The minimum Gasteiger partial charge on any atom is -0.378 e. The highest BCUT2D eigenvalue weighted by Gasteiger charge is 2.11. The van der Waals surface area contributed by atoms with E-state index in [0.29, 0.717) is 0 Å². The van der Waals surface area contributed by atoms with Gasteiger partial charge in [0, 0.05) is 34.4 Å². The minimum absolute atomic E-state index is 0.803. The molecule has 7 heteroatoms. The third kappa shape index (κ3) is 6.02. The zero-order valence-corrected chi connectivity index (χ0v) is 15.9. The lowest BCUT2D eigenvalue weighted by Crippen LogP contribution is -2.36. The van der Waals surface area contributed by atoms with Crippen LogP contribution in [0.4, 0.5) is 5.82 Å². The topological polar surface area (TPSA) is 38.2 Å². The van der Waals surface area contributed by atoms with Crippen LogP contribution in [0.2, 0.25) is 0 Å². The minimum atomic E-state index is 0.803. The van der Waals surface area contributed by atoms with Crippen LogP contribution in [0, 0.1) is 0 Å². The first-order valence-corrected chi connectivity index (χ1v) is 8.74. The van der Waals surface area contributed by atoms with Crippen LogP contribution in [0.3, 0.4) is 0 Å². The molecule has 3 heterocycles. The molecular formula is C14H14Br3N3O. The zero-order valence-electron chi connectivity index (χ0n) is 11.2. The lowest BCUT2D eigenvalue weighted by atomic mass is 10.4. The lowest BCUT2D eigenvalue weighted by molar-refractivity contribution is 0.122. The van der Waals surface area contributed by atoms with Gasteiger partial charge in [-0.25, -0.2) is 9.97 Å². The summed E-state index contributed by atoms with van der Waals surface area (Å²) in [6.45, 7) is 3.48. The molecule has 21 heavy (non-hydrogen) atoms. The molecule has 0 spiro atoms. The molecule has 1 fully saturated rings. The molecule has 0 aromatic carbocycles. The van der Waals surface area contributed by atoms with Gasteiger partial charge in [0.25, 0.3) is 0 Å². The van der Waals surface area contributed by atoms with E-state index in [2.05, 4.69) is 62.7 Å². The maximum Gasteiger partial charge on any atom is 0.128 e. The molecule has 0 atom stereocenters. The largest absolute Gasteiger partial charge is 0.378 e. The van der Waals surface area contributed by atoms with Gasteiger partial charge in [0.05, 0.1) is 13.2 Å². The molecule has 1 aliphatic rings. The summed E-state index contributed by atoms with van der Waals surface area (Å²) in [5, 5.41) is 0. The van der Waals surface area contributed by atoms with Crippen LogP contribution in [0.1, 0.15) is 0 Å². The van der Waals surface area contributed by atoms with Crippen molar-refractivity contribution in [3.8, 4) is 0 Å². The average Bonchev–Trinajstić information content (AvgIpc) is 2.52. The van der Waals surface area contributed by atoms with E-state index in [4.69, 9.17) is 4.74 Å². The van der Waals surface area contributed by atoms with Crippen molar-refractivity contribution >= 4 is 53.6 Å². The van der Waals surface area contributed by atoms with Gasteiger partial charge in [-0.2, -0.15) is 0 Å². The highest BCUT2D eigenvalue weighted by atomic mass is 79.9. The van der Waals surface area contributed by atoms with E-state index in [1.54, 1.807) is 6.20 Å². The second-order valence-electron chi connectivity index (χ2n) is 4.23. The molecule has 0 bridgehead atoms. The summed E-state index contributed by atoms with van der Waals surface area (Å²) >= 11 is 9.84. The smallest absolute Gasteiger partial charge is 0.128 e. The zero-order chi connectivity index (χ0) is 15.1. The molecule has 0 radical (unpaired) electrons. The number of ether oxygens (including phenoxy) is 1. The van der Waals surface area contributed by atoms with Gasteiger partial charge < -0.3 is 9.64 Å². The maximum absolute atomic E-state index is 5.27. The Morgan fingerprint density at radius 2 is 1.48 bits per heavy atom. The number of aromatic nitrogens is 2. The molecule has 4 nitrogen and oxygen atoms in total. The second-order valence-corrected chi connectivity index (χ2v) is 6.88. The molecule has 0 saturated carbocycles. The lowest BCUT2D eigenvalue weighted by Gasteiger charge is -2.27. The quantitative estimate of drug-likeness (QED) is 0.572. The average molecular weight is 480 g/mol. The predicted octanol–water partition coefficient (Wildman–Crippen LogP) is 4.29. The van der Waals surface area contributed by atoms with Crippen molar-refractivity contribution in [2.24, 2.45) is 0 Å². The number of hydrogen-bond donors (Lipinski definition) is 0. The van der Waals surface area contributed by atoms with Crippen molar-refractivity contribution in [1.82, 2.24) is 9.97 Å². The van der Waals surface area contributed by atoms with Crippen LogP contribution in [-0.4, -0.2) is 36.3 Å². The molecule has 1 saturated heterocycles. The summed E-state index contributed by atoms with van der Waals surface area (Å²) in [5.74, 6) is 1.03. The predicted molar refractivity (Wildman–Crippen MR) is 94.6 cm³/mol. The Balaban J connectivity index is 0.000000173. The van der Waals surface area contributed by atoms with Crippen LogP contribution in [0.25, 0.3) is 0 Å². The van der Waals surface area contributed by atoms with E-state index in [1.807, 2.05) is 30.5 Å². The maximum atomic E-state index is 5.27. The molecular weight excluding hydrogens is 466 g/mol. The Morgan fingerprint density at radius 3 is 1.95 bits per heavy atom. The number of pyridine rings is 2. The Bertz CT molecular complexity index is 521. The number of anilines is 1.